The predicted octanol–water partition coefficient (Wildman–Crippen LogP) is 4.00. The third kappa shape index (κ3) is 9.73. The number of rotatable bonds is 11. The Bertz CT molecular complexity index is 1700. The number of hydrogen-bond donors (Lipinski definition) is 3. The minimum atomic E-state index is -3.94. The van der Waals surface area contributed by atoms with E-state index >= 15 is 0 Å². The summed E-state index contributed by atoms with van der Waals surface area (Å²) in [7, 11) is -3.94. The molecule has 1 atom stereocenters. The first-order valence-electron chi connectivity index (χ1n) is 18.3. The molecule has 0 aromatic heterocycles. The van der Waals surface area contributed by atoms with Crippen LogP contribution < -0.4 is 15.8 Å². The molecule has 0 radical (unpaired) electrons. The zero-order valence-corrected chi connectivity index (χ0v) is 33.7. The van der Waals surface area contributed by atoms with E-state index in [-0.39, 0.29) is 30.0 Å². The SMILES string of the molecule is CC1CCN(N2CCN(CCS(=O)(=O)N[C@@H](CC(=O)c3cc(Br)c(N)c(Br)c3)C(=O)N3CCC(N4CCc5ccccc5NC4=O)CC3)CC2)CC1. The molecule has 4 N–H and O–H groups in total. The van der Waals surface area contributed by atoms with Crippen molar-refractivity contribution in [3.8, 4) is 0 Å². The van der Waals surface area contributed by atoms with Crippen LogP contribution in [0.25, 0.3) is 0 Å². The summed E-state index contributed by atoms with van der Waals surface area (Å²) in [4.78, 5) is 46.4. The van der Waals surface area contributed by atoms with Gasteiger partial charge < -0.3 is 20.9 Å². The second-order valence-electron chi connectivity index (χ2n) is 14.5. The van der Waals surface area contributed by atoms with Crippen molar-refractivity contribution in [2.24, 2.45) is 5.92 Å². The number of carbonyl (C=O) groups is 3. The number of nitrogens with two attached hydrogens (primary N) is 1. The molecule has 0 spiro atoms. The summed E-state index contributed by atoms with van der Waals surface area (Å²) in [6.45, 7) is 9.25. The van der Waals surface area contributed by atoms with Gasteiger partial charge in [-0.15, -0.1) is 0 Å². The van der Waals surface area contributed by atoms with Gasteiger partial charge in [-0.1, -0.05) is 25.1 Å². The summed E-state index contributed by atoms with van der Waals surface area (Å²) in [6.07, 6.45) is 3.86. The molecule has 0 bridgehead atoms. The first kappa shape index (κ1) is 39.1. The number of piperazine rings is 1. The highest BCUT2D eigenvalue weighted by Crippen LogP contribution is 2.31. The number of Topliss-reactive ketones (excluding diaryl/α,β-unsaturated/α-hetero) is 1. The second-order valence-corrected chi connectivity index (χ2v) is 18.1. The highest BCUT2D eigenvalue weighted by atomic mass is 79.9. The lowest BCUT2D eigenvalue weighted by Crippen LogP contribution is -2.56. The van der Waals surface area contributed by atoms with Crippen LogP contribution in [0.4, 0.5) is 16.2 Å². The average Bonchev–Trinajstić information content (AvgIpc) is 3.30. The molecule has 4 aliphatic rings. The standard InChI is InChI=1S/C36H50Br2N8O5S/c1-25-6-13-44(14-7-25)45-18-16-42(17-19-45)20-21-52(50,51)41-32(24-33(47)27-22-29(37)34(39)30(38)23-27)35(48)43-11-9-28(10-12-43)46-15-8-26-4-2-3-5-31(26)40-36(46)49/h2-5,22-23,25,28,32,41H,6-21,24,39H2,1H3,(H,40,49)/t32-/m0/s1. The Labute approximate surface area is 323 Å². The lowest BCUT2D eigenvalue weighted by Gasteiger charge is -2.43. The number of ketones is 1. The average molecular weight is 867 g/mol. The first-order valence-corrected chi connectivity index (χ1v) is 21.5. The van der Waals surface area contributed by atoms with E-state index in [9.17, 15) is 22.8 Å². The lowest BCUT2D eigenvalue weighted by atomic mass is 9.99. The maximum atomic E-state index is 14.1. The number of para-hydroxylation sites is 1. The normalized spacial score (nSPS) is 21.0. The van der Waals surface area contributed by atoms with Gasteiger partial charge in [-0.05, 0) is 93.6 Å². The maximum absolute atomic E-state index is 14.1. The number of sulfonamides is 1. The fourth-order valence-corrected chi connectivity index (χ4v) is 10.1. The number of halogens is 2. The predicted molar refractivity (Wildman–Crippen MR) is 209 cm³/mol. The maximum Gasteiger partial charge on any atom is 0.322 e. The van der Waals surface area contributed by atoms with Crippen molar-refractivity contribution in [3.05, 3.63) is 56.5 Å². The quantitative estimate of drug-likeness (QED) is 0.225. The number of piperidine rings is 2. The van der Waals surface area contributed by atoms with Gasteiger partial charge in [0.15, 0.2) is 5.78 Å². The number of nitrogen functional groups attached to an aromatic ring is 1. The summed E-state index contributed by atoms with van der Waals surface area (Å²) in [6, 6.07) is 9.43. The fraction of sp³-hybridized carbons (Fsp3) is 0.583. The third-order valence-corrected chi connectivity index (χ3v) is 13.6. The number of nitrogens with one attached hydrogen (secondary N) is 2. The number of hydrogen-bond acceptors (Lipinski definition) is 9. The monoisotopic (exact) mass is 864 g/mol. The Morgan fingerprint density at radius 1 is 0.923 bits per heavy atom. The smallest absolute Gasteiger partial charge is 0.322 e. The Morgan fingerprint density at radius 3 is 2.23 bits per heavy atom. The van der Waals surface area contributed by atoms with Gasteiger partial charge in [0.1, 0.15) is 6.04 Å². The molecule has 0 aliphatic carbocycles. The van der Waals surface area contributed by atoms with E-state index in [0.717, 1.165) is 62.9 Å². The Kier molecular flexibility index (Phi) is 13.0. The van der Waals surface area contributed by atoms with Crippen LogP contribution in [-0.2, 0) is 21.2 Å². The summed E-state index contributed by atoms with van der Waals surface area (Å²) in [5, 5.41) is 7.85. The fourth-order valence-electron chi connectivity index (χ4n) is 7.63. The molecule has 4 aliphatic heterocycles. The molecule has 4 heterocycles. The van der Waals surface area contributed by atoms with Gasteiger partial charge in [-0.3, -0.25) is 14.5 Å². The molecule has 2 aromatic carbocycles. The lowest BCUT2D eigenvalue weighted by molar-refractivity contribution is -0.134. The molecule has 3 fully saturated rings. The number of fused-ring (bicyclic) bond motifs is 1. The number of anilines is 2. The Hall–Kier alpha value is -2.60. The molecule has 3 saturated heterocycles. The van der Waals surface area contributed by atoms with Gasteiger partial charge in [0.05, 0.1) is 11.4 Å². The second kappa shape index (κ2) is 17.2. The molecule has 52 heavy (non-hydrogen) atoms. The van der Waals surface area contributed by atoms with Crippen molar-refractivity contribution in [1.29, 1.82) is 0 Å². The molecular weight excluding hydrogens is 816 g/mol. The molecule has 3 amide bonds. The number of hydrazine groups is 1. The zero-order valence-electron chi connectivity index (χ0n) is 29.7. The van der Waals surface area contributed by atoms with Crippen molar-refractivity contribution in [2.45, 2.75) is 57.5 Å². The van der Waals surface area contributed by atoms with Gasteiger partial charge in [-0.25, -0.2) is 28.0 Å². The Balaban J connectivity index is 1.08. The minimum absolute atomic E-state index is 0.0708. The van der Waals surface area contributed by atoms with E-state index in [0.29, 0.717) is 59.2 Å². The molecule has 16 heteroatoms. The largest absolute Gasteiger partial charge is 0.397 e. The van der Waals surface area contributed by atoms with Crippen molar-refractivity contribution in [2.75, 3.05) is 82.3 Å². The van der Waals surface area contributed by atoms with Crippen LogP contribution in [0, 0.1) is 5.92 Å². The van der Waals surface area contributed by atoms with E-state index in [4.69, 9.17) is 5.73 Å². The third-order valence-electron chi connectivity index (χ3n) is 11.0. The molecule has 0 saturated carbocycles. The van der Waals surface area contributed by atoms with Crippen molar-refractivity contribution in [1.82, 2.24) is 29.4 Å². The van der Waals surface area contributed by atoms with Gasteiger partial charge in [0, 0.05) is 98.1 Å². The van der Waals surface area contributed by atoms with E-state index < -0.39 is 22.0 Å². The molecule has 13 nitrogen and oxygen atoms in total. The van der Waals surface area contributed by atoms with Crippen LogP contribution in [0.1, 0.15) is 54.9 Å². The molecule has 2 aromatic rings. The van der Waals surface area contributed by atoms with Crippen molar-refractivity contribution in [3.63, 3.8) is 0 Å². The van der Waals surface area contributed by atoms with Gasteiger partial charge in [-0.2, -0.15) is 0 Å². The Morgan fingerprint density at radius 2 is 1.56 bits per heavy atom. The number of amides is 3. The van der Waals surface area contributed by atoms with Crippen LogP contribution in [0.2, 0.25) is 0 Å². The number of likely N-dealkylation sites (tertiary alicyclic amines) is 1. The van der Waals surface area contributed by atoms with Gasteiger partial charge in [0.25, 0.3) is 0 Å². The minimum Gasteiger partial charge on any atom is -0.397 e. The van der Waals surface area contributed by atoms with Crippen molar-refractivity contribution >= 4 is 71.0 Å². The molecular formula is C36H50Br2N8O5S. The van der Waals surface area contributed by atoms with Crippen LogP contribution in [-0.4, -0.2) is 134 Å². The topological polar surface area (TPSA) is 152 Å². The summed E-state index contributed by atoms with van der Waals surface area (Å²) >= 11 is 6.76. The number of urea groups is 1. The zero-order chi connectivity index (χ0) is 37.0. The van der Waals surface area contributed by atoms with Crippen molar-refractivity contribution < 1.29 is 22.8 Å². The number of nitrogens with zero attached hydrogens (tertiary/aromatic N) is 5. The van der Waals surface area contributed by atoms with Crippen LogP contribution in [0.5, 0.6) is 0 Å². The number of carbonyl (C=O) groups excluding carboxylic acids is 3. The van der Waals surface area contributed by atoms with Gasteiger partial charge >= 0.3 is 6.03 Å². The first-order chi connectivity index (χ1) is 24.9. The van der Waals surface area contributed by atoms with E-state index in [1.165, 1.54) is 12.8 Å². The van der Waals surface area contributed by atoms with Gasteiger partial charge in [0.2, 0.25) is 15.9 Å². The summed E-state index contributed by atoms with van der Waals surface area (Å²) in [5.74, 6) is -0.253. The molecule has 6 rings (SSSR count). The van der Waals surface area contributed by atoms with Crippen LogP contribution >= 0.6 is 31.9 Å². The molecule has 284 valence electrons. The molecule has 0 unspecified atom stereocenters. The highest BCUT2D eigenvalue weighted by Gasteiger charge is 2.36. The van der Waals surface area contributed by atoms with Crippen LogP contribution in [0.3, 0.4) is 0 Å². The summed E-state index contributed by atoms with van der Waals surface area (Å²) in [5.41, 5.74) is 8.67. The van der Waals surface area contributed by atoms with E-state index in [1.54, 1.807) is 17.0 Å². The summed E-state index contributed by atoms with van der Waals surface area (Å²) < 4.78 is 30.8. The van der Waals surface area contributed by atoms with E-state index in [2.05, 4.69) is 63.7 Å². The van der Waals surface area contributed by atoms with E-state index in [1.807, 2.05) is 29.2 Å². The van der Waals surface area contributed by atoms with Crippen LogP contribution in [0.15, 0.2) is 45.3 Å². The number of benzene rings is 2. The highest BCUT2D eigenvalue weighted by molar-refractivity contribution is 9.11.